The summed E-state index contributed by atoms with van der Waals surface area (Å²) < 4.78 is 1.91. The van der Waals surface area contributed by atoms with Gasteiger partial charge in [0, 0.05) is 24.3 Å². The lowest BCUT2D eigenvalue weighted by Crippen LogP contribution is -2.07. The van der Waals surface area contributed by atoms with Gasteiger partial charge in [0.2, 0.25) is 0 Å². The number of rotatable bonds is 5. The van der Waals surface area contributed by atoms with Gasteiger partial charge in [-0.3, -0.25) is 9.78 Å². The zero-order valence-electron chi connectivity index (χ0n) is 11.3. The lowest BCUT2D eigenvalue weighted by Gasteiger charge is -2.14. The van der Waals surface area contributed by atoms with Crippen molar-refractivity contribution in [1.29, 1.82) is 0 Å². The highest BCUT2D eigenvalue weighted by Crippen LogP contribution is 2.18. The molecule has 0 spiro atoms. The van der Waals surface area contributed by atoms with Crippen LogP contribution in [-0.4, -0.2) is 20.0 Å². The van der Waals surface area contributed by atoms with E-state index >= 15 is 0 Å². The summed E-state index contributed by atoms with van der Waals surface area (Å²) in [4.78, 5) is 0. The molecule has 20 heavy (non-hydrogen) atoms. The van der Waals surface area contributed by atoms with Crippen molar-refractivity contribution >= 4 is 5.69 Å². The molecule has 5 heteroatoms. The quantitative estimate of drug-likeness (QED) is 0.747. The first kappa shape index (κ1) is 12.5. The lowest BCUT2D eigenvalue weighted by molar-refractivity contribution is 0.687. The largest absolute Gasteiger partial charge is 0.377 e. The molecule has 0 aliphatic rings. The van der Waals surface area contributed by atoms with Crippen LogP contribution in [0.1, 0.15) is 24.2 Å². The average molecular weight is 267 g/mol. The molecule has 0 amide bonds. The number of aromatic nitrogens is 4. The van der Waals surface area contributed by atoms with Crippen LogP contribution in [0.3, 0.4) is 0 Å². The topological polar surface area (TPSA) is 58.5 Å². The van der Waals surface area contributed by atoms with Gasteiger partial charge in [-0.15, -0.1) is 0 Å². The van der Waals surface area contributed by atoms with Crippen molar-refractivity contribution in [2.45, 2.75) is 19.5 Å². The summed E-state index contributed by atoms with van der Waals surface area (Å²) in [6, 6.07) is 12.5. The highest BCUT2D eigenvalue weighted by atomic mass is 15.3. The van der Waals surface area contributed by atoms with Gasteiger partial charge in [0.1, 0.15) is 0 Å². The van der Waals surface area contributed by atoms with Gasteiger partial charge >= 0.3 is 0 Å². The standard InChI is InChI=1S/C15H17N5/c1-12(15-7-9-16-19-15)18-14-5-3-13(4-6-14)11-20-10-2-8-17-20/h2-10,12,18H,11H2,1H3,(H,16,19). The third-order valence-electron chi connectivity index (χ3n) is 3.23. The maximum Gasteiger partial charge on any atom is 0.0659 e. The number of aromatic amines is 1. The number of anilines is 1. The minimum atomic E-state index is 0.203. The molecular formula is C15H17N5. The van der Waals surface area contributed by atoms with E-state index in [1.165, 1.54) is 5.56 Å². The molecule has 3 aromatic rings. The number of nitrogens with one attached hydrogen (secondary N) is 2. The summed E-state index contributed by atoms with van der Waals surface area (Å²) in [5.41, 5.74) is 3.40. The van der Waals surface area contributed by atoms with Crippen molar-refractivity contribution in [2.75, 3.05) is 5.32 Å². The van der Waals surface area contributed by atoms with Crippen molar-refractivity contribution in [3.63, 3.8) is 0 Å². The summed E-state index contributed by atoms with van der Waals surface area (Å²) >= 11 is 0. The smallest absolute Gasteiger partial charge is 0.0659 e. The Balaban J connectivity index is 1.64. The second-order valence-corrected chi connectivity index (χ2v) is 4.78. The van der Waals surface area contributed by atoms with E-state index < -0.39 is 0 Å². The Labute approximate surface area is 117 Å². The number of hydrogen-bond acceptors (Lipinski definition) is 3. The fourth-order valence-corrected chi connectivity index (χ4v) is 2.12. The fourth-order valence-electron chi connectivity index (χ4n) is 2.12. The van der Waals surface area contributed by atoms with Crippen molar-refractivity contribution in [2.24, 2.45) is 0 Å². The maximum atomic E-state index is 4.21. The minimum absolute atomic E-state index is 0.203. The summed E-state index contributed by atoms with van der Waals surface area (Å²) in [6.07, 6.45) is 5.52. The molecule has 1 atom stereocenters. The molecule has 0 aliphatic heterocycles. The summed E-state index contributed by atoms with van der Waals surface area (Å²) in [6.45, 7) is 2.90. The summed E-state index contributed by atoms with van der Waals surface area (Å²) in [7, 11) is 0. The Bertz CT molecular complexity index is 625. The molecule has 2 N–H and O–H groups in total. The molecule has 0 fully saturated rings. The van der Waals surface area contributed by atoms with E-state index in [0.29, 0.717) is 0 Å². The van der Waals surface area contributed by atoms with E-state index in [-0.39, 0.29) is 6.04 Å². The third kappa shape index (κ3) is 2.88. The maximum absolute atomic E-state index is 4.21. The predicted molar refractivity (Wildman–Crippen MR) is 78.4 cm³/mol. The monoisotopic (exact) mass is 267 g/mol. The molecular weight excluding hydrogens is 250 g/mol. The van der Waals surface area contributed by atoms with Crippen LogP contribution in [0, 0.1) is 0 Å². The minimum Gasteiger partial charge on any atom is -0.377 e. The van der Waals surface area contributed by atoms with Crippen LogP contribution in [0.5, 0.6) is 0 Å². The van der Waals surface area contributed by atoms with E-state index in [4.69, 9.17) is 0 Å². The van der Waals surface area contributed by atoms with Gasteiger partial charge in [0.15, 0.2) is 0 Å². The molecule has 0 saturated heterocycles. The van der Waals surface area contributed by atoms with E-state index in [1.807, 2.05) is 23.0 Å². The molecule has 0 bridgehead atoms. The van der Waals surface area contributed by atoms with Crippen LogP contribution in [0.15, 0.2) is 55.0 Å². The Hall–Kier alpha value is -2.56. The second kappa shape index (κ2) is 5.61. The second-order valence-electron chi connectivity index (χ2n) is 4.78. The molecule has 3 rings (SSSR count). The predicted octanol–water partition coefficient (Wildman–Crippen LogP) is 2.83. The molecule has 2 heterocycles. The van der Waals surface area contributed by atoms with Gasteiger partial charge in [-0.1, -0.05) is 12.1 Å². The molecule has 0 aliphatic carbocycles. The number of hydrogen-bond donors (Lipinski definition) is 2. The number of benzene rings is 1. The van der Waals surface area contributed by atoms with Gasteiger partial charge in [0.25, 0.3) is 0 Å². The molecule has 1 aromatic carbocycles. The van der Waals surface area contributed by atoms with Crippen LogP contribution in [-0.2, 0) is 6.54 Å². The summed E-state index contributed by atoms with van der Waals surface area (Å²) in [5, 5.41) is 14.6. The summed E-state index contributed by atoms with van der Waals surface area (Å²) in [5.74, 6) is 0. The first-order valence-corrected chi connectivity index (χ1v) is 6.63. The van der Waals surface area contributed by atoms with Gasteiger partial charge < -0.3 is 5.32 Å². The van der Waals surface area contributed by atoms with Crippen molar-refractivity contribution < 1.29 is 0 Å². The zero-order chi connectivity index (χ0) is 13.8. The van der Waals surface area contributed by atoms with Gasteiger partial charge in [-0.05, 0) is 36.8 Å². The SMILES string of the molecule is CC(Nc1ccc(Cn2cccn2)cc1)c1ccn[nH]1. The van der Waals surface area contributed by atoms with Crippen molar-refractivity contribution in [3.8, 4) is 0 Å². The number of nitrogens with zero attached hydrogens (tertiary/aromatic N) is 3. The highest BCUT2D eigenvalue weighted by Gasteiger charge is 2.06. The highest BCUT2D eigenvalue weighted by molar-refractivity contribution is 5.46. The first-order chi connectivity index (χ1) is 9.81. The molecule has 2 aromatic heterocycles. The van der Waals surface area contributed by atoms with Gasteiger partial charge in [-0.25, -0.2) is 0 Å². The normalized spacial score (nSPS) is 12.2. The Morgan fingerprint density at radius 2 is 2.05 bits per heavy atom. The lowest BCUT2D eigenvalue weighted by atomic mass is 10.2. The zero-order valence-corrected chi connectivity index (χ0v) is 11.3. The number of H-pyrrole nitrogens is 1. The van der Waals surface area contributed by atoms with E-state index in [1.54, 1.807) is 12.4 Å². The third-order valence-corrected chi connectivity index (χ3v) is 3.23. The average Bonchev–Trinajstić information content (AvgIpc) is 3.13. The fraction of sp³-hybridized carbons (Fsp3) is 0.200. The van der Waals surface area contributed by atoms with Crippen LogP contribution in [0.2, 0.25) is 0 Å². The van der Waals surface area contributed by atoms with Crippen LogP contribution < -0.4 is 5.32 Å². The molecule has 0 radical (unpaired) electrons. The van der Waals surface area contributed by atoms with Gasteiger partial charge in [-0.2, -0.15) is 10.2 Å². The van der Waals surface area contributed by atoms with Crippen LogP contribution >= 0.6 is 0 Å². The molecule has 0 saturated carbocycles. The van der Waals surface area contributed by atoms with Gasteiger partial charge in [0.05, 0.1) is 18.3 Å². The van der Waals surface area contributed by atoms with E-state index in [2.05, 4.69) is 51.8 Å². The molecule has 102 valence electrons. The van der Waals surface area contributed by atoms with Crippen molar-refractivity contribution in [1.82, 2.24) is 20.0 Å². The Kier molecular flexibility index (Phi) is 3.50. The van der Waals surface area contributed by atoms with E-state index in [9.17, 15) is 0 Å². The first-order valence-electron chi connectivity index (χ1n) is 6.63. The molecule has 5 nitrogen and oxygen atoms in total. The Morgan fingerprint density at radius 3 is 2.70 bits per heavy atom. The van der Waals surface area contributed by atoms with Crippen LogP contribution in [0.25, 0.3) is 0 Å². The molecule has 1 unspecified atom stereocenters. The Morgan fingerprint density at radius 1 is 1.20 bits per heavy atom. The van der Waals surface area contributed by atoms with Crippen molar-refractivity contribution in [3.05, 3.63) is 66.2 Å². The van der Waals surface area contributed by atoms with E-state index in [0.717, 1.165) is 17.9 Å². The van der Waals surface area contributed by atoms with Crippen LogP contribution in [0.4, 0.5) is 5.69 Å².